The summed E-state index contributed by atoms with van der Waals surface area (Å²) >= 11 is 5.72. The van der Waals surface area contributed by atoms with E-state index < -0.39 is 11.9 Å². The molecular weight excluding hydrogens is 243 g/mol. The second-order valence-electron chi connectivity index (χ2n) is 3.25. The normalized spacial score (nSPS) is 12.3. The molecule has 0 aromatic carbocycles. The van der Waals surface area contributed by atoms with Gasteiger partial charge in [-0.2, -0.15) is 18.3 Å². The number of H-pyrrole nitrogens is 1. The highest BCUT2D eigenvalue weighted by Crippen LogP contribution is 2.32. The number of aryl methyl sites for hydroxylation is 1. The van der Waals surface area contributed by atoms with Gasteiger partial charge in [-0.05, 0) is 12.5 Å². The van der Waals surface area contributed by atoms with E-state index in [1.165, 1.54) is 0 Å². The number of halogens is 4. The van der Waals surface area contributed by atoms with Crippen LogP contribution in [-0.4, -0.2) is 15.2 Å². The van der Waals surface area contributed by atoms with Crippen LogP contribution in [0.2, 0.25) is 5.15 Å². The number of alkyl halides is 3. The largest absolute Gasteiger partial charge is 0.433 e. The maximum atomic E-state index is 12.4. The maximum Gasteiger partial charge on any atom is 0.433 e. The Morgan fingerprint density at radius 3 is 2.69 bits per heavy atom. The molecular formula is C9H7ClF3N3. The third-order valence-corrected chi connectivity index (χ3v) is 2.49. The van der Waals surface area contributed by atoms with Crippen molar-refractivity contribution in [2.24, 2.45) is 0 Å². The Morgan fingerprint density at radius 1 is 1.44 bits per heavy atom. The van der Waals surface area contributed by atoms with Crippen LogP contribution in [0.5, 0.6) is 0 Å². The molecule has 16 heavy (non-hydrogen) atoms. The van der Waals surface area contributed by atoms with Crippen molar-refractivity contribution >= 4 is 22.5 Å². The fourth-order valence-corrected chi connectivity index (χ4v) is 1.76. The van der Waals surface area contributed by atoms with Gasteiger partial charge in [0.25, 0.3) is 0 Å². The van der Waals surface area contributed by atoms with E-state index in [0.717, 1.165) is 6.07 Å². The number of rotatable bonds is 1. The Kier molecular flexibility index (Phi) is 2.53. The van der Waals surface area contributed by atoms with E-state index in [2.05, 4.69) is 15.2 Å². The van der Waals surface area contributed by atoms with Gasteiger partial charge < -0.3 is 0 Å². The second-order valence-corrected chi connectivity index (χ2v) is 3.60. The average molecular weight is 250 g/mol. The zero-order valence-corrected chi connectivity index (χ0v) is 8.95. The fourth-order valence-electron chi connectivity index (χ4n) is 1.45. The molecule has 3 nitrogen and oxygen atoms in total. The van der Waals surface area contributed by atoms with Gasteiger partial charge in [-0.25, -0.2) is 4.98 Å². The highest BCUT2D eigenvalue weighted by atomic mass is 35.5. The number of fused-ring (bicyclic) bond motifs is 1. The van der Waals surface area contributed by atoms with E-state index >= 15 is 0 Å². The van der Waals surface area contributed by atoms with Crippen molar-refractivity contribution in [1.82, 2.24) is 15.2 Å². The van der Waals surface area contributed by atoms with Crippen LogP contribution >= 0.6 is 11.6 Å². The van der Waals surface area contributed by atoms with Gasteiger partial charge in [-0.15, -0.1) is 0 Å². The molecule has 2 heterocycles. The number of nitrogens with zero attached hydrogens (tertiary/aromatic N) is 2. The molecule has 0 bridgehead atoms. The Morgan fingerprint density at radius 2 is 2.12 bits per heavy atom. The number of aromatic nitrogens is 3. The van der Waals surface area contributed by atoms with Crippen LogP contribution in [-0.2, 0) is 12.6 Å². The van der Waals surface area contributed by atoms with Crippen LogP contribution in [0.25, 0.3) is 10.9 Å². The zero-order valence-electron chi connectivity index (χ0n) is 8.19. The quantitative estimate of drug-likeness (QED) is 0.789. The molecule has 86 valence electrons. The number of nitrogens with one attached hydrogen (secondary N) is 1. The van der Waals surface area contributed by atoms with Crippen LogP contribution in [0.15, 0.2) is 6.07 Å². The average Bonchev–Trinajstić information content (AvgIpc) is 2.59. The molecule has 0 atom stereocenters. The summed E-state index contributed by atoms with van der Waals surface area (Å²) in [5.74, 6) is 0. The van der Waals surface area contributed by atoms with Crippen molar-refractivity contribution in [2.45, 2.75) is 19.5 Å². The molecule has 0 amide bonds. The van der Waals surface area contributed by atoms with Crippen LogP contribution in [0.1, 0.15) is 18.3 Å². The summed E-state index contributed by atoms with van der Waals surface area (Å²) in [5.41, 5.74) is -0.162. The first-order valence-corrected chi connectivity index (χ1v) is 4.92. The zero-order chi connectivity index (χ0) is 11.9. The van der Waals surface area contributed by atoms with Gasteiger partial charge in [-0.3, -0.25) is 5.10 Å². The summed E-state index contributed by atoms with van der Waals surface area (Å²) in [5, 5.41) is 6.70. The first-order valence-electron chi connectivity index (χ1n) is 4.54. The molecule has 0 spiro atoms. The number of hydrogen-bond donors (Lipinski definition) is 1. The molecule has 0 radical (unpaired) electrons. The Hall–Kier alpha value is -1.30. The molecule has 0 saturated carbocycles. The molecule has 0 unspecified atom stereocenters. The molecule has 1 N–H and O–H groups in total. The molecule has 0 aliphatic rings. The standard InChI is InChI=1S/C9H7ClF3N3/c1-2-4-7-5(16-15-4)3-6(9(11,12)13)14-8(7)10/h3H,2H2,1H3,(H,15,16). The van der Waals surface area contributed by atoms with Crippen molar-refractivity contribution in [3.8, 4) is 0 Å². The molecule has 0 fully saturated rings. The van der Waals surface area contributed by atoms with Gasteiger partial charge in [0.05, 0.1) is 10.9 Å². The number of aromatic amines is 1. The lowest BCUT2D eigenvalue weighted by Crippen LogP contribution is -2.07. The van der Waals surface area contributed by atoms with Crippen LogP contribution in [0.3, 0.4) is 0 Å². The molecule has 7 heteroatoms. The van der Waals surface area contributed by atoms with Crippen LogP contribution in [0.4, 0.5) is 13.2 Å². The van der Waals surface area contributed by atoms with Crippen molar-refractivity contribution in [3.63, 3.8) is 0 Å². The van der Waals surface area contributed by atoms with Crippen molar-refractivity contribution in [1.29, 1.82) is 0 Å². The van der Waals surface area contributed by atoms with Crippen molar-refractivity contribution < 1.29 is 13.2 Å². The van der Waals surface area contributed by atoms with Crippen molar-refractivity contribution in [3.05, 3.63) is 22.6 Å². The molecule has 0 saturated heterocycles. The first kappa shape index (κ1) is 11.2. The summed E-state index contributed by atoms with van der Waals surface area (Å²) < 4.78 is 37.3. The third kappa shape index (κ3) is 1.73. The predicted octanol–water partition coefficient (Wildman–Crippen LogP) is 3.19. The first-order chi connectivity index (χ1) is 7.43. The minimum atomic E-state index is -4.51. The molecule has 2 rings (SSSR count). The third-order valence-electron chi connectivity index (χ3n) is 2.21. The lowest BCUT2D eigenvalue weighted by atomic mass is 10.2. The lowest BCUT2D eigenvalue weighted by Gasteiger charge is -2.06. The summed E-state index contributed by atoms with van der Waals surface area (Å²) in [7, 11) is 0. The van der Waals surface area contributed by atoms with E-state index in [4.69, 9.17) is 11.6 Å². The van der Waals surface area contributed by atoms with E-state index in [1.807, 2.05) is 6.92 Å². The second kappa shape index (κ2) is 3.62. The molecule has 2 aromatic heterocycles. The lowest BCUT2D eigenvalue weighted by molar-refractivity contribution is -0.141. The fraction of sp³-hybridized carbons (Fsp3) is 0.333. The van der Waals surface area contributed by atoms with E-state index in [9.17, 15) is 13.2 Å². The number of hydrogen-bond acceptors (Lipinski definition) is 2. The van der Waals surface area contributed by atoms with Gasteiger partial charge in [0.2, 0.25) is 0 Å². The van der Waals surface area contributed by atoms with E-state index in [1.54, 1.807) is 0 Å². The smallest absolute Gasteiger partial charge is 0.281 e. The summed E-state index contributed by atoms with van der Waals surface area (Å²) in [6.07, 6.45) is -3.91. The van der Waals surface area contributed by atoms with E-state index in [0.29, 0.717) is 17.5 Å². The Labute approximate surface area is 93.6 Å². The van der Waals surface area contributed by atoms with Gasteiger partial charge in [-0.1, -0.05) is 18.5 Å². The minimum Gasteiger partial charge on any atom is -0.281 e. The summed E-state index contributed by atoms with van der Waals surface area (Å²) in [6.45, 7) is 1.85. The van der Waals surface area contributed by atoms with Gasteiger partial charge in [0.1, 0.15) is 10.8 Å². The predicted molar refractivity (Wildman–Crippen MR) is 53.3 cm³/mol. The highest BCUT2D eigenvalue weighted by molar-refractivity contribution is 6.34. The van der Waals surface area contributed by atoms with Gasteiger partial charge >= 0.3 is 6.18 Å². The topological polar surface area (TPSA) is 41.6 Å². The van der Waals surface area contributed by atoms with Gasteiger partial charge in [0.15, 0.2) is 0 Å². The summed E-state index contributed by atoms with van der Waals surface area (Å²) in [6, 6.07) is 0.886. The van der Waals surface area contributed by atoms with Crippen LogP contribution in [0, 0.1) is 0 Å². The maximum absolute atomic E-state index is 12.4. The SMILES string of the molecule is CCc1[nH]nc2cc(C(F)(F)F)nc(Cl)c12. The monoisotopic (exact) mass is 249 g/mol. The van der Waals surface area contributed by atoms with Crippen molar-refractivity contribution in [2.75, 3.05) is 0 Å². The summed E-state index contributed by atoms with van der Waals surface area (Å²) in [4.78, 5) is 3.33. The molecule has 2 aromatic rings. The Bertz CT molecular complexity index is 533. The van der Waals surface area contributed by atoms with Gasteiger partial charge in [0, 0.05) is 5.69 Å². The molecule has 0 aliphatic carbocycles. The highest BCUT2D eigenvalue weighted by Gasteiger charge is 2.33. The van der Waals surface area contributed by atoms with Crippen LogP contribution < -0.4 is 0 Å². The minimum absolute atomic E-state index is 0.171. The number of pyridine rings is 1. The van der Waals surface area contributed by atoms with E-state index in [-0.39, 0.29) is 10.7 Å². The Balaban J connectivity index is 2.70. The molecule has 0 aliphatic heterocycles.